The maximum absolute atomic E-state index is 8.68. The van der Waals surface area contributed by atoms with Crippen LogP contribution in [0, 0.1) is 0 Å². The monoisotopic (exact) mass is 138 g/mol. The summed E-state index contributed by atoms with van der Waals surface area (Å²) < 4.78 is 9.08. The van der Waals surface area contributed by atoms with Gasteiger partial charge in [-0.05, 0) is 0 Å². The number of aliphatic hydroxyl groups is 1. The molecule has 1 heterocycles. The summed E-state index contributed by atoms with van der Waals surface area (Å²) in [5.41, 5.74) is 0. The Bertz CT molecular complexity index is 59.7. The topological polar surface area (TPSA) is 58.9 Å². The van der Waals surface area contributed by atoms with E-state index in [1.165, 1.54) is 0 Å². The third-order valence-corrected chi connectivity index (χ3v) is 1.49. The highest BCUT2D eigenvalue weighted by atomic mass is 31.2. The van der Waals surface area contributed by atoms with Crippen molar-refractivity contribution in [2.75, 3.05) is 13.2 Å². The second-order valence-electron chi connectivity index (χ2n) is 1.48. The van der Waals surface area contributed by atoms with Crippen molar-refractivity contribution in [2.24, 2.45) is 0 Å². The zero-order chi connectivity index (χ0) is 5.98. The molecule has 48 valence electrons. The van der Waals surface area contributed by atoms with Crippen molar-refractivity contribution < 1.29 is 19.0 Å². The van der Waals surface area contributed by atoms with E-state index < -0.39 is 14.7 Å². The largest absolute Gasteiger partial charge is 0.388 e. The molecule has 0 amide bonds. The molecule has 1 saturated heterocycles. The van der Waals surface area contributed by atoms with E-state index in [0.717, 1.165) is 0 Å². The van der Waals surface area contributed by atoms with Gasteiger partial charge in [0, 0.05) is 0 Å². The first-order valence-electron chi connectivity index (χ1n) is 2.22. The number of rotatable bonds is 0. The molecule has 0 spiro atoms. The molecule has 0 aliphatic carbocycles. The molecule has 0 unspecified atom stereocenters. The Morgan fingerprint density at radius 3 is 2.25 bits per heavy atom. The van der Waals surface area contributed by atoms with Gasteiger partial charge in [0.05, 0.1) is 13.2 Å². The first-order valence-corrected chi connectivity index (χ1v) is 3.35. The fraction of sp³-hybridized carbons (Fsp3) is 1.00. The fourth-order valence-corrected chi connectivity index (χ4v) is 1.06. The molecule has 1 aliphatic rings. The summed E-state index contributed by atoms with van der Waals surface area (Å²) in [4.78, 5) is 8.54. The molecule has 1 fully saturated rings. The highest BCUT2D eigenvalue weighted by Gasteiger charge is 2.18. The van der Waals surface area contributed by atoms with E-state index in [9.17, 15) is 0 Å². The van der Waals surface area contributed by atoms with Gasteiger partial charge in [-0.3, -0.25) is 0 Å². The Labute approximate surface area is 48.0 Å². The van der Waals surface area contributed by atoms with Crippen molar-refractivity contribution in [3.63, 3.8) is 0 Å². The highest BCUT2D eigenvalue weighted by Crippen LogP contribution is 2.35. The van der Waals surface area contributed by atoms with Gasteiger partial charge in [0.1, 0.15) is 6.10 Å². The summed E-state index contributed by atoms with van der Waals surface area (Å²) in [5.74, 6) is 0. The van der Waals surface area contributed by atoms with Gasteiger partial charge < -0.3 is 19.0 Å². The molecule has 0 bridgehead atoms. The molecule has 0 radical (unpaired) electrons. The van der Waals surface area contributed by atoms with E-state index in [0.29, 0.717) is 0 Å². The Morgan fingerprint density at radius 1 is 1.38 bits per heavy atom. The quantitative estimate of drug-likeness (QED) is 0.447. The average Bonchev–Trinajstić information content (AvgIpc) is 1.77. The van der Waals surface area contributed by atoms with Gasteiger partial charge in [0.15, 0.2) is 0 Å². The zero-order valence-electron chi connectivity index (χ0n) is 4.15. The van der Waals surface area contributed by atoms with Crippen molar-refractivity contribution in [3.8, 4) is 0 Å². The van der Waals surface area contributed by atoms with Crippen LogP contribution in [0.3, 0.4) is 0 Å². The predicted octanol–water partition coefficient (Wildman–Crippen LogP) is -0.387. The molecule has 0 atom stereocenters. The van der Waals surface area contributed by atoms with Crippen LogP contribution < -0.4 is 0 Å². The van der Waals surface area contributed by atoms with Gasteiger partial charge in [0.25, 0.3) is 0 Å². The van der Waals surface area contributed by atoms with Crippen molar-refractivity contribution in [1.29, 1.82) is 0 Å². The Morgan fingerprint density at radius 2 is 1.88 bits per heavy atom. The maximum Gasteiger partial charge on any atom is 0.330 e. The number of hydrogen-bond donors (Lipinski definition) is 2. The first kappa shape index (κ1) is 6.39. The van der Waals surface area contributed by atoms with Crippen LogP contribution in [-0.4, -0.2) is 29.3 Å². The number of aliphatic hydroxyl groups excluding tert-OH is 1. The lowest BCUT2D eigenvalue weighted by Gasteiger charge is -2.20. The highest BCUT2D eigenvalue weighted by molar-refractivity contribution is 7.40. The lowest BCUT2D eigenvalue weighted by Crippen LogP contribution is -2.24. The summed E-state index contributed by atoms with van der Waals surface area (Å²) in [6.45, 7) is 0.365. The fourth-order valence-electron chi connectivity index (χ4n) is 0.385. The van der Waals surface area contributed by atoms with Gasteiger partial charge in [-0.15, -0.1) is 0 Å². The lowest BCUT2D eigenvalue weighted by atomic mass is 10.4. The van der Waals surface area contributed by atoms with E-state index in [4.69, 9.17) is 10.00 Å². The smallest absolute Gasteiger partial charge is 0.330 e. The van der Waals surface area contributed by atoms with Crippen molar-refractivity contribution in [1.82, 2.24) is 0 Å². The molecule has 0 aromatic carbocycles. The summed E-state index contributed by atoms with van der Waals surface area (Å²) in [7, 11) is -1.68. The minimum absolute atomic E-state index is 0.183. The molecular weight excluding hydrogens is 131 g/mol. The van der Waals surface area contributed by atoms with Crippen LogP contribution in [0.4, 0.5) is 0 Å². The standard InChI is InChI=1S/C3H7O4P/c4-3-1-6-8(5)7-2-3/h3-5H,1-2H2. The molecule has 2 N–H and O–H groups in total. The Hall–Kier alpha value is 0.270. The van der Waals surface area contributed by atoms with E-state index >= 15 is 0 Å². The molecule has 5 heteroatoms. The summed E-state index contributed by atoms with van der Waals surface area (Å²) in [5, 5.41) is 8.68. The van der Waals surface area contributed by atoms with Crippen molar-refractivity contribution in [3.05, 3.63) is 0 Å². The Balaban J connectivity index is 2.19. The molecule has 0 saturated carbocycles. The van der Waals surface area contributed by atoms with Crippen LogP contribution >= 0.6 is 8.60 Å². The van der Waals surface area contributed by atoms with Crippen molar-refractivity contribution in [2.45, 2.75) is 6.10 Å². The van der Waals surface area contributed by atoms with Crippen LogP contribution in [0.1, 0.15) is 0 Å². The van der Waals surface area contributed by atoms with Crippen molar-refractivity contribution >= 4 is 8.60 Å². The van der Waals surface area contributed by atoms with E-state index in [1.54, 1.807) is 0 Å². The van der Waals surface area contributed by atoms with Crippen LogP contribution in [-0.2, 0) is 9.05 Å². The van der Waals surface area contributed by atoms with E-state index in [-0.39, 0.29) is 13.2 Å². The second-order valence-corrected chi connectivity index (χ2v) is 2.48. The van der Waals surface area contributed by atoms with E-state index in [2.05, 4.69) is 9.05 Å². The molecule has 0 aromatic rings. The minimum atomic E-state index is -1.68. The summed E-state index contributed by atoms with van der Waals surface area (Å²) >= 11 is 0. The normalized spacial score (nSPS) is 39.8. The third-order valence-electron chi connectivity index (χ3n) is 0.755. The number of hydrogen-bond acceptors (Lipinski definition) is 4. The zero-order valence-corrected chi connectivity index (χ0v) is 5.04. The second kappa shape index (κ2) is 2.71. The Kier molecular flexibility index (Phi) is 2.16. The van der Waals surface area contributed by atoms with Crippen LogP contribution in [0.25, 0.3) is 0 Å². The molecule has 0 aromatic heterocycles. The van der Waals surface area contributed by atoms with Gasteiger partial charge >= 0.3 is 8.60 Å². The predicted molar refractivity (Wildman–Crippen MR) is 27.0 cm³/mol. The molecule has 1 rings (SSSR count). The summed E-state index contributed by atoms with van der Waals surface area (Å²) in [6.07, 6.45) is -0.569. The summed E-state index contributed by atoms with van der Waals surface area (Å²) in [6, 6.07) is 0. The molecular formula is C3H7O4P. The van der Waals surface area contributed by atoms with Gasteiger partial charge in [0.2, 0.25) is 0 Å². The molecule has 4 nitrogen and oxygen atoms in total. The van der Waals surface area contributed by atoms with Gasteiger partial charge in [-0.2, -0.15) is 0 Å². The van der Waals surface area contributed by atoms with Gasteiger partial charge in [-0.25, -0.2) is 0 Å². The SMILES string of the molecule is OC1COP(O)OC1. The average molecular weight is 138 g/mol. The lowest BCUT2D eigenvalue weighted by molar-refractivity contribution is 0.0143. The van der Waals surface area contributed by atoms with Crippen LogP contribution in [0.15, 0.2) is 0 Å². The van der Waals surface area contributed by atoms with E-state index in [1.807, 2.05) is 0 Å². The maximum atomic E-state index is 8.68. The molecule has 8 heavy (non-hydrogen) atoms. The minimum Gasteiger partial charge on any atom is -0.388 e. The van der Waals surface area contributed by atoms with Crippen LogP contribution in [0.5, 0.6) is 0 Å². The first-order chi connectivity index (χ1) is 3.79. The molecule has 1 aliphatic heterocycles. The third kappa shape index (κ3) is 1.65. The van der Waals surface area contributed by atoms with Gasteiger partial charge in [-0.1, -0.05) is 0 Å². The van der Waals surface area contributed by atoms with Crippen LogP contribution in [0.2, 0.25) is 0 Å².